The molecule has 0 unspecified atom stereocenters. The fraction of sp³-hybridized carbons (Fsp3) is 0.182. The molecule has 0 radical (unpaired) electrons. The molecule has 0 saturated heterocycles. The van der Waals surface area contributed by atoms with Crippen LogP contribution in [-0.2, 0) is 6.54 Å². The van der Waals surface area contributed by atoms with Gasteiger partial charge in [-0.25, -0.2) is 9.67 Å². The van der Waals surface area contributed by atoms with E-state index in [-0.39, 0.29) is 5.82 Å². The van der Waals surface area contributed by atoms with Gasteiger partial charge in [-0.3, -0.25) is 0 Å². The zero-order chi connectivity index (χ0) is 12.3. The molecule has 0 atom stereocenters. The molecule has 0 spiro atoms. The number of halogens is 1. The first-order valence-electron chi connectivity index (χ1n) is 4.99. The third-order valence-electron chi connectivity index (χ3n) is 2.26. The zero-order valence-corrected chi connectivity index (χ0v) is 9.94. The van der Waals surface area contributed by atoms with Gasteiger partial charge in [-0.2, -0.15) is 5.26 Å². The summed E-state index contributed by atoms with van der Waals surface area (Å²) in [5.41, 5.74) is 1.79. The number of rotatable bonds is 3. The smallest absolute Gasteiger partial charge is 0.252 e. The largest absolute Gasteiger partial charge is 0.316 e. The topological polar surface area (TPSA) is 66.5 Å². The number of hydrogen-bond donors (Lipinski definition) is 1. The number of nitrogens with one attached hydrogen (secondary N) is 1. The second-order valence-corrected chi connectivity index (χ2v) is 3.84. The highest BCUT2D eigenvalue weighted by molar-refractivity contribution is 6.31. The molecule has 1 N–H and O–H groups in total. The van der Waals surface area contributed by atoms with Crippen LogP contribution >= 0.6 is 11.6 Å². The standard InChI is InChI=1S/C11H10ClN5/c1-14-6-8-2-3-9(4-10(8)12)17-7-15-11(5-13)16-17/h2-4,7,14H,6H2,1H3. The van der Waals surface area contributed by atoms with Gasteiger partial charge in [0.25, 0.3) is 5.82 Å². The number of nitriles is 1. The molecule has 1 heterocycles. The molecule has 0 amide bonds. The van der Waals surface area contributed by atoms with Crippen molar-refractivity contribution in [3.05, 3.63) is 40.9 Å². The van der Waals surface area contributed by atoms with Crippen LogP contribution in [0.1, 0.15) is 11.4 Å². The van der Waals surface area contributed by atoms with Crippen molar-refractivity contribution in [3.63, 3.8) is 0 Å². The van der Waals surface area contributed by atoms with E-state index >= 15 is 0 Å². The Morgan fingerprint density at radius 2 is 2.35 bits per heavy atom. The molecule has 86 valence electrons. The van der Waals surface area contributed by atoms with E-state index < -0.39 is 0 Å². The summed E-state index contributed by atoms with van der Waals surface area (Å²) in [6.45, 7) is 0.708. The molecule has 1 aromatic heterocycles. The van der Waals surface area contributed by atoms with Crippen LogP contribution in [0.25, 0.3) is 5.69 Å². The van der Waals surface area contributed by atoms with Gasteiger partial charge in [0.2, 0.25) is 0 Å². The van der Waals surface area contributed by atoms with Crippen molar-refractivity contribution in [1.29, 1.82) is 5.26 Å². The van der Waals surface area contributed by atoms with Gasteiger partial charge in [-0.05, 0) is 24.7 Å². The van der Waals surface area contributed by atoms with Gasteiger partial charge >= 0.3 is 0 Å². The fourth-order valence-corrected chi connectivity index (χ4v) is 1.69. The van der Waals surface area contributed by atoms with Gasteiger partial charge in [0, 0.05) is 11.6 Å². The molecule has 17 heavy (non-hydrogen) atoms. The molecule has 0 aliphatic heterocycles. The van der Waals surface area contributed by atoms with E-state index in [9.17, 15) is 0 Å². The van der Waals surface area contributed by atoms with Gasteiger partial charge in [0.05, 0.1) is 5.69 Å². The van der Waals surface area contributed by atoms with Gasteiger partial charge in [0.15, 0.2) is 0 Å². The monoisotopic (exact) mass is 247 g/mol. The molecule has 0 bridgehead atoms. The van der Waals surface area contributed by atoms with E-state index in [2.05, 4.69) is 15.4 Å². The predicted octanol–water partition coefficient (Wildman–Crippen LogP) is 1.51. The normalized spacial score (nSPS) is 10.2. The van der Waals surface area contributed by atoms with Crippen LogP contribution in [0.5, 0.6) is 0 Å². The van der Waals surface area contributed by atoms with Crippen molar-refractivity contribution in [2.75, 3.05) is 7.05 Å². The van der Waals surface area contributed by atoms with Gasteiger partial charge in [0.1, 0.15) is 12.4 Å². The lowest BCUT2D eigenvalue weighted by molar-refractivity contribution is 0.815. The molecule has 1 aromatic carbocycles. The molecular formula is C11H10ClN5. The maximum Gasteiger partial charge on any atom is 0.252 e. The molecular weight excluding hydrogens is 238 g/mol. The van der Waals surface area contributed by atoms with Gasteiger partial charge in [-0.1, -0.05) is 17.7 Å². The molecule has 5 nitrogen and oxygen atoms in total. The average molecular weight is 248 g/mol. The first-order valence-corrected chi connectivity index (χ1v) is 5.37. The van der Waals surface area contributed by atoms with E-state index in [1.807, 2.05) is 25.2 Å². The lowest BCUT2D eigenvalue weighted by atomic mass is 10.2. The maximum atomic E-state index is 8.64. The van der Waals surface area contributed by atoms with E-state index in [0.717, 1.165) is 11.3 Å². The Hall–Kier alpha value is -1.90. The fourth-order valence-electron chi connectivity index (χ4n) is 1.45. The Morgan fingerprint density at radius 1 is 1.53 bits per heavy atom. The van der Waals surface area contributed by atoms with Crippen molar-refractivity contribution < 1.29 is 0 Å². The van der Waals surface area contributed by atoms with Crippen molar-refractivity contribution in [2.45, 2.75) is 6.54 Å². The summed E-state index contributed by atoms with van der Waals surface area (Å²) in [5, 5.41) is 16.3. The Balaban J connectivity index is 2.34. The minimum atomic E-state index is 0.139. The first kappa shape index (κ1) is 11.6. The summed E-state index contributed by atoms with van der Waals surface area (Å²) in [4.78, 5) is 3.83. The maximum absolute atomic E-state index is 8.64. The highest BCUT2D eigenvalue weighted by atomic mass is 35.5. The Bertz CT molecular complexity index is 569. The molecule has 0 aliphatic rings. The third-order valence-corrected chi connectivity index (χ3v) is 2.61. The number of benzene rings is 1. The summed E-state index contributed by atoms with van der Waals surface area (Å²) >= 11 is 6.13. The summed E-state index contributed by atoms with van der Waals surface area (Å²) in [6, 6.07) is 7.47. The van der Waals surface area contributed by atoms with Gasteiger partial charge < -0.3 is 5.32 Å². The van der Waals surface area contributed by atoms with Gasteiger partial charge in [-0.15, -0.1) is 5.10 Å². The van der Waals surface area contributed by atoms with Crippen LogP contribution in [0.3, 0.4) is 0 Å². The van der Waals surface area contributed by atoms with Crippen LogP contribution in [0.2, 0.25) is 5.02 Å². The van der Waals surface area contributed by atoms with E-state index in [4.69, 9.17) is 16.9 Å². The third kappa shape index (κ3) is 2.44. The highest BCUT2D eigenvalue weighted by Crippen LogP contribution is 2.19. The van der Waals surface area contributed by atoms with Crippen molar-refractivity contribution in [2.24, 2.45) is 0 Å². The number of aromatic nitrogens is 3. The van der Waals surface area contributed by atoms with Crippen LogP contribution in [0.4, 0.5) is 0 Å². The zero-order valence-electron chi connectivity index (χ0n) is 9.18. The average Bonchev–Trinajstić information content (AvgIpc) is 2.80. The second kappa shape index (κ2) is 4.95. The van der Waals surface area contributed by atoms with E-state index in [0.29, 0.717) is 11.6 Å². The first-order chi connectivity index (χ1) is 8.24. The SMILES string of the molecule is CNCc1ccc(-n2cnc(C#N)n2)cc1Cl. The molecule has 2 rings (SSSR count). The van der Waals surface area contributed by atoms with Crippen LogP contribution in [0.15, 0.2) is 24.5 Å². The Morgan fingerprint density at radius 3 is 2.94 bits per heavy atom. The Labute approximate surface area is 104 Å². The minimum absolute atomic E-state index is 0.139. The summed E-state index contributed by atoms with van der Waals surface area (Å²) in [6.07, 6.45) is 1.49. The molecule has 6 heteroatoms. The quantitative estimate of drug-likeness (QED) is 0.893. The van der Waals surface area contributed by atoms with E-state index in [1.165, 1.54) is 11.0 Å². The lowest BCUT2D eigenvalue weighted by Crippen LogP contribution is -2.06. The predicted molar refractivity (Wildman–Crippen MR) is 63.8 cm³/mol. The van der Waals surface area contributed by atoms with Crippen LogP contribution < -0.4 is 5.32 Å². The Kier molecular flexibility index (Phi) is 3.38. The van der Waals surface area contributed by atoms with Crippen molar-refractivity contribution in [1.82, 2.24) is 20.1 Å². The molecule has 2 aromatic rings. The number of hydrogen-bond acceptors (Lipinski definition) is 4. The highest BCUT2D eigenvalue weighted by Gasteiger charge is 2.05. The summed E-state index contributed by atoms with van der Waals surface area (Å²) in [7, 11) is 1.86. The van der Waals surface area contributed by atoms with E-state index in [1.54, 1.807) is 6.07 Å². The molecule has 0 fully saturated rings. The second-order valence-electron chi connectivity index (χ2n) is 3.43. The summed E-state index contributed by atoms with van der Waals surface area (Å²) < 4.78 is 1.52. The molecule has 0 saturated carbocycles. The summed E-state index contributed by atoms with van der Waals surface area (Å²) in [5.74, 6) is 0.139. The number of nitrogens with zero attached hydrogens (tertiary/aromatic N) is 4. The minimum Gasteiger partial charge on any atom is -0.316 e. The molecule has 0 aliphatic carbocycles. The van der Waals surface area contributed by atoms with Crippen LogP contribution in [0, 0.1) is 11.3 Å². The van der Waals surface area contributed by atoms with Crippen molar-refractivity contribution in [3.8, 4) is 11.8 Å². The van der Waals surface area contributed by atoms with Crippen molar-refractivity contribution >= 4 is 11.6 Å². The van der Waals surface area contributed by atoms with Crippen LogP contribution in [-0.4, -0.2) is 21.8 Å². The lowest BCUT2D eigenvalue weighted by Gasteiger charge is -2.06.